The summed E-state index contributed by atoms with van der Waals surface area (Å²) >= 11 is 5.68. The zero-order valence-electron chi connectivity index (χ0n) is 10.3. The fraction of sp³-hybridized carbons (Fsp3) is 0.538. The second-order valence-corrected chi connectivity index (χ2v) is 4.81. The van der Waals surface area contributed by atoms with Crippen molar-refractivity contribution in [3.8, 4) is 5.75 Å². The highest BCUT2D eigenvalue weighted by Crippen LogP contribution is 2.23. The normalized spacial score (nSPS) is 23.3. The summed E-state index contributed by atoms with van der Waals surface area (Å²) in [5.41, 5.74) is 0. The first kappa shape index (κ1) is 13.6. The van der Waals surface area contributed by atoms with Gasteiger partial charge in [-0.3, -0.25) is 0 Å². The number of rotatable bonds is 5. The van der Waals surface area contributed by atoms with Crippen LogP contribution in [0.15, 0.2) is 18.2 Å². The monoisotopic (exact) mass is 273 g/mol. The highest BCUT2D eigenvalue weighted by Gasteiger charge is 2.25. The van der Waals surface area contributed by atoms with Crippen LogP contribution in [0.5, 0.6) is 5.75 Å². The van der Waals surface area contributed by atoms with Crippen LogP contribution in [-0.4, -0.2) is 32.4 Å². The van der Waals surface area contributed by atoms with Crippen molar-refractivity contribution in [3.05, 3.63) is 29.0 Å². The van der Waals surface area contributed by atoms with Crippen LogP contribution in [0, 0.1) is 5.82 Å². The Morgan fingerprint density at radius 1 is 1.44 bits per heavy atom. The van der Waals surface area contributed by atoms with E-state index in [9.17, 15) is 4.39 Å². The third kappa shape index (κ3) is 3.57. The molecule has 100 valence electrons. The van der Waals surface area contributed by atoms with Gasteiger partial charge >= 0.3 is 0 Å². The van der Waals surface area contributed by atoms with Gasteiger partial charge in [0.15, 0.2) is 0 Å². The van der Waals surface area contributed by atoms with Gasteiger partial charge in [-0.1, -0.05) is 11.6 Å². The average Bonchev–Trinajstić information content (AvgIpc) is 2.79. The Hall–Kier alpha value is -0.840. The molecule has 2 unspecified atom stereocenters. The van der Waals surface area contributed by atoms with Crippen molar-refractivity contribution in [1.82, 2.24) is 5.32 Å². The molecule has 1 aliphatic rings. The van der Waals surface area contributed by atoms with E-state index in [2.05, 4.69) is 5.32 Å². The topological polar surface area (TPSA) is 30.5 Å². The van der Waals surface area contributed by atoms with E-state index in [1.54, 1.807) is 6.07 Å². The molecule has 0 radical (unpaired) electrons. The van der Waals surface area contributed by atoms with Gasteiger partial charge in [-0.25, -0.2) is 4.39 Å². The van der Waals surface area contributed by atoms with Crippen molar-refractivity contribution < 1.29 is 13.9 Å². The first-order valence-electron chi connectivity index (χ1n) is 6.07. The van der Waals surface area contributed by atoms with E-state index in [0.717, 1.165) is 19.4 Å². The van der Waals surface area contributed by atoms with Crippen molar-refractivity contribution in [2.24, 2.45) is 0 Å². The molecule has 0 amide bonds. The lowest BCUT2D eigenvalue weighted by Gasteiger charge is -2.14. The molecule has 0 aromatic heterocycles. The fourth-order valence-electron chi connectivity index (χ4n) is 2.04. The quantitative estimate of drug-likeness (QED) is 0.895. The summed E-state index contributed by atoms with van der Waals surface area (Å²) in [7, 11) is 1.91. The standard InChI is InChI=1S/C13H17ClFNO2/c1-16-7-10-2-3-11(18-10)8-17-9-4-5-13(15)12(14)6-9/h4-6,10-11,16H,2-3,7-8H2,1H3. The van der Waals surface area contributed by atoms with Crippen molar-refractivity contribution in [2.75, 3.05) is 20.2 Å². The van der Waals surface area contributed by atoms with Crippen molar-refractivity contribution in [3.63, 3.8) is 0 Å². The molecular formula is C13H17ClFNO2. The highest BCUT2D eigenvalue weighted by molar-refractivity contribution is 6.30. The predicted molar refractivity (Wildman–Crippen MR) is 68.7 cm³/mol. The average molecular weight is 274 g/mol. The number of hydrogen-bond donors (Lipinski definition) is 1. The maximum absolute atomic E-state index is 13.0. The number of nitrogens with one attached hydrogen (secondary N) is 1. The number of benzene rings is 1. The summed E-state index contributed by atoms with van der Waals surface area (Å²) in [6, 6.07) is 4.36. The van der Waals surface area contributed by atoms with E-state index in [-0.39, 0.29) is 17.2 Å². The number of hydrogen-bond acceptors (Lipinski definition) is 3. The summed E-state index contributed by atoms with van der Waals surface area (Å²) in [4.78, 5) is 0. The minimum absolute atomic E-state index is 0.0768. The SMILES string of the molecule is CNCC1CCC(COc2ccc(F)c(Cl)c2)O1. The van der Waals surface area contributed by atoms with Gasteiger partial charge in [0.25, 0.3) is 0 Å². The molecule has 0 spiro atoms. The van der Waals surface area contributed by atoms with Gasteiger partial charge in [0.05, 0.1) is 17.2 Å². The zero-order chi connectivity index (χ0) is 13.0. The minimum atomic E-state index is -0.435. The Morgan fingerprint density at radius 2 is 2.22 bits per heavy atom. The maximum atomic E-state index is 13.0. The molecule has 18 heavy (non-hydrogen) atoms. The lowest BCUT2D eigenvalue weighted by molar-refractivity contribution is 0.0193. The molecule has 1 aromatic carbocycles. The number of ether oxygens (including phenoxy) is 2. The maximum Gasteiger partial charge on any atom is 0.142 e. The summed E-state index contributed by atoms with van der Waals surface area (Å²) in [6.07, 6.45) is 2.40. The summed E-state index contributed by atoms with van der Waals surface area (Å²) in [5, 5.41) is 3.17. The van der Waals surface area contributed by atoms with E-state index >= 15 is 0 Å². The number of halogens is 2. The molecular weight excluding hydrogens is 257 g/mol. The first-order valence-corrected chi connectivity index (χ1v) is 6.44. The molecule has 1 N–H and O–H groups in total. The third-order valence-electron chi connectivity index (χ3n) is 2.95. The van der Waals surface area contributed by atoms with E-state index in [1.807, 2.05) is 7.05 Å². The molecule has 3 nitrogen and oxygen atoms in total. The molecule has 1 aliphatic heterocycles. The molecule has 2 rings (SSSR count). The van der Waals surface area contributed by atoms with Crippen molar-refractivity contribution in [2.45, 2.75) is 25.0 Å². The van der Waals surface area contributed by atoms with E-state index in [4.69, 9.17) is 21.1 Å². The molecule has 0 aliphatic carbocycles. The Bertz CT molecular complexity index is 403. The van der Waals surface area contributed by atoms with E-state index < -0.39 is 5.82 Å². The van der Waals surface area contributed by atoms with Crippen LogP contribution in [0.1, 0.15) is 12.8 Å². The van der Waals surface area contributed by atoms with Gasteiger partial charge in [-0.2, -0.15) is 0 Å². The molecule has 2 atom stereocenters. The predicted octanol–water partition coefficient (Wildman–Crippen LogP) is 2.62. The number of likely N-dealkylation sites (N-methyl/N-ethyl adjacent to an activating group) is 1. The van der Waals surface area contributed by atoms with Crippen molar-refractivity contribution >= 4 is 11.6 Å². The van der Waals surface area contributed by atoms with Crippen LogP contribution in [0.3, 0.4) is 0 Å². The minimum Gasteiger partial charge on any atom is -0.491 e. The van der Waals surface area contributed by atoms with Gasteiger partial charge in [-0.15, -0.1) is 0 Å². The first-order chi connectivity index (χ1) is 8.69. The Morgan fingerprint density at radius 3 is 2.94 bits per heavy atom. The Labute approximate surface area is 111 Å². The molecule has 5 heteroatoms. The second kappa shape index (κ2) is 6.36. The van der Waals surface area contributed by atoms with Crippen LogP contribution in [0.25, 0.3) is 0 Å². The van der Waals surface area contributed by atoms with Crippen LogP contribution >= 0.6 is 11.6 Å². The molecule has 1 fully saturated rings. The van der Waals surface area contributed by atoms with Gasteiger partial charge in [0.2, 0.25) is 0 Å². The van der Waals surface area contributed by atoms with Gasteiger partial charge in [-0.05, 0) is 32.0 Å². The third-order valence-corrected chi connectivity index (χ3v) is 3.24. The lowest BCUT2D eigenvalue weighted by atomic mass is 10.2. The molecule has 1 aromatic rings. The van der Waals surface area contributed by atoms with Crippen molar-refractivity contribution in [1.29, 1.82) is 0 Å². The second-order valence-electron chi connectivity index (χ2n) is 4.40. The van der Waals surface area contributed by atoms with E-state index in [1.165, 1.54) is 12.1 Å². The Balaban J connectivity index is 1.80. The summed E-state index contributed by atoms with van der Waals surface area (Å²) < 4.78 is 24.3. The molecule has 1 heterocycles. The largest absolute Gasteiger partial charge is 0.491 e. The van der Waals surface area contributed by atoms with Crippen LogP contribution in [-0.2, 0) is 4.74 Å². The smallest absolute Gasteiger partial charge is 0.142 e. The fourth-order valence-corrected chi connectivity index (χ4v) is 2.21. The highest BCUT2D eigenvalue weighted by atomic mass is 35.5. The van der Waals surface area contributed by atoms with Gasteiger partial charge < -0.3 is 14.8 Å². The summed E-state index contributed by atoms with van der Waals surface area (Å²) in [5.74, 6) is 0.136. The Kier molecular flexibility index (Phi) is 4.80. The van der Waals surface area contributed by atoms with Crippen LogP contribution < -0.4 is 10.1 Å². The van der Waals surface area contributed by atoms with E-state index in [0.29, 0.717) is 12.4 Å². The van der Waals surface area contributed by atoms with Crippen LogP contribution in [0.2, 0.25) is 5.02 Å². The molecule has 0 bridgehead atoms. The van der Waals surface area contributed by atoms with Crippen LogP contribution in [0.4, 0.5) is 4.39 Å². The van der Waals surface area contributed by atoms with Gasteiger partial charge in [0, 0.05) is 12.6 Å². The molecule has 0 saturated carbocycles. The summed E-state index contributed by atoms with van der Waals surface area (Å²) in [6.45, 7) is 1.33. The van der Waals surface area contributed by atoms with Gasteiger partial charge in [0.1, 0.15) is 18.2 Å². The lowest BCUT2D eigenvalue weighted by Crippen LogP contribution is -2.25. The molecule has 1 saturated heterocycles. The zero-order valence-corrected chi connectivity index (χ0v) is 11.0.